The van der Waals surface area contributed by atoms with Crippen molar-refractivity contribution >= 4 is 17.6 Å². The molecule has 18 heavy (non-hydrogen) atoms. The molecule has 0 spiro atoms. The van der Waals surface area contributed by atoms with Gasteiger partial charge in [-0.1, -0.05) is 11.6 Å². The summed E-state index contributed by atoms with van der Waals surface area (Å²) >= 11 is 5.60. The summed E-state index contributed by atoms with van der Waals surface area (Å²) in [4.78, 5) is 10.9. The number of benzene rings is 1. The van der Waals surface area contributed by atoms with Gasteiger partial charge >= 0.3 is 5.97 Å². The summed E-state index contributed by atoms with van der Waals surface area (Å²) in [5.74, 6) is -5.19. The Kier molecular flexibility index (Phi) is 3.04. The molecule has 0 amide bonds. The van der Waals surface area contributed by atoms with Crippen molar-refractivity contribution in [1.29, 1.82) is 0 Å². The standard InChI is InChI=1S/C11H5ClF3NO2/c12-5-1-9(11(17)18)16(4-5)8-3-6(13)2-7(14)10(8)15/h1-4H,(H,17,18). The van der Waals surface area contributed by atoms with Crippen LogP contribution in [0.15, 0.2) is 24.4 Å². The molecule has 0 radical (unpaired) electrons. The number of hydrogen-bond donors (Lipinski definition) is 1. The van der Waals surface area contributed by atoms with Crippen molar-refractivity contribution in [1.82, 2.24) is 4.57 Å². The van der Waals surface area contributed by atoms with Gasteiger partial charge in [0, 0.05) is 18.3 Å². The van der Waals surface area contributed by atoms with Gasteiger partial charge in [-0.3, -0.25) is 0 Å². The van der Waals surface area contributed by atoms with Crippen LogP contribution in [0.3, 0.4) is 0 Å². The van der Waals surface area contributed by atoms with Gasteiger partial charge in [-0.25, -0.2) is 18.0 Å². The second kappa shape index (κ2) is 4.38. The summed E-state index contributed by atoms with van der Waals surface area (Å²) in [5.41, 5.74) is -0.958. The molecule has 1 heterocycles. The van der Waals surface area contributed by atoms with Gasteiger partial charge in [-0.05, 0) is 6.07 Å². The van der Waals surface area contributed by atoms with Crippen LogP contribution in [0.25, 0.3) is 5.69 Å². The lowest BCUT2D eigenvalue weighted by Gasteiger charge is -2.08. The molecule has 94 valence electrons. The maximum atomic E-state index is 13.5. The van der Waals surface area contributed by atoms with Crippen molar-refractivity contribution in [2.75, 3.05) is 0 Å². The highest BCUT2D eigenvalue weighted by atomic mass is 35.5. The van der Waals surface area contributed by atoms with Crippen LogP contribution in [0.4, 0.5) is 13.2 Å². The molecule has 2 rings (SSSR count). The quantitative estimate of drug-likeness (QED) is 0.855. The fourth-order valence-electron chi connectivity index (χ4n) is 1.51. The highest BCUT2D eigenvalue weighted by molar-refractivity contribution is 6.31. The summed E-state index contributed by atoms with van der Waals surface area (Å²) < 4.78 is 40.4. The van der Waals surface area contributed by atoms with E-state index in [1.807, 2.05) is 0 Å². The molecule has 0 unspecified atom stereocenters. The van der Waals surface area contributed by atoms with Crippen LogP contribution in [-0.4, -0.2) is 15.6 Å². The molecular weight excluding hydrogens is 271 g/mol. The predicted molar refractivity (Wildman–Crippen MR) is 57.6 cm³/mol. The number of hydrogen-bond acceptors (Lipinski definition) is 1. The largest absolute Gasteiger partial charge is 0.477 e. The Morgan fingerprint density at radius 2 is 1.89 bits per heavy atom. The molecule has 0 atom stereocenters. The van der Waals surface area contributed by atoms with Gasteiger partial charge < -0.3 is 9.67 Å². The second-order valence-corrected chi connectivity index (χ2v) is 3.88. The zero-order valence-electron chi connectivity index (χ0n) is 8.62. The minimum atomic E-state index is -1.41. The van der Waals surface area contributed by atoms with Gasteiger partial charge in [0.2, 0.25) is 0 Å². The first-order chi connectivity index (χ1) is 8.40. The summed E-state index contributed by atoms with van der Waals surface area (Å²) in [5, 5.41) is 8.89. The molecule has 2 aromatic rings. The fraction of sp³-hybridized carbons (Fsp3) is 0. The van der Waals surface area contributed by atoms with Gasteiger partial charge in [0.05, 0.1) is 10.7 Å². The summed E-state index contributed by atoms with van der Waals surface area (Å²) in [7, 11) is 0. The van der Waals surface area contributed by atoms with E-state index in [9.17, 15) is 18.0 Å². The Morgan fingerprint density at radius 3 is 2.50 bits per heavy atom. The Labute approximate surface area is 104 Å². The molecule has 0 aliphatic rings. The number of carboxylic acids is 1. The Bertz CT molecular complexity index is 639. The minimum absolute atomic E-state index is 0.0106. The predicted octanol–water partition coefficient (Wildman–Crippen LogP) is 3.25. The van der Waals surface area contributed by atoms with E-state index in [4.69, 9.17) is 16.7 Å². The topological polar surface area (TPSA) is 42.2 Å². The summed E-state index contributed by atoms with van der Waals surface area (Å²) in [6, 6.07) is 2.09. The van der Waals surface area contributed by atoms with Crippen molar-refractivity contribution in [2.24, 2.45) is 0 Å². The number of carboxylic acid groups (broad SMARTS) is 1. The highest BCUT2D eigenvalue weighted by Gasteiger charge is 2.19. The molecule has 0 bridgehead atoms. The molecule has 0 fully saturated rings. The van der Waals surface area contributed by atoms with E-state index >= 15 is 0 Å². The van der Waals surface area contributed by atoms with Crippen molar-refractivity contribution < 1.29 is 23.1 Å². The third kappa shape index (κ3) is 2.06. The highest BCUT2D eigenvalue weighted by Crippen LogP contribution is 2.24. The average Bonchev–Trinajstić information content (AvgIpc) is 2.65. The SMILES string of the molecule is O=C(O)c1cc(Cl)cn1-c1cc(F)cc(F)c1F. The molecule has 7 heteroatoms. The van der Waals surface area contributed by atoms with Gasteiger partial charge in [-0.2, -0.15) is 0 Å². The van der Waals surface area contributed by atoms with Gasteiger partial charge in [0.1, 0.15) is 11.5 Å². The number of carbonyl (C=O) groups is 1. The number of aromatic carboxylic acids is 1. The van der Waals surface area contributed by atoms with Crippen LogP contribution >= 0.6 is 11.6 Å². The molecule has 0 aliphatic heterocycles. The van der Waals surface area contributed by atoms with E-state index in [-0.39, 0.29) is 5.02 Å². The minimum Gasteiger partial charge on any atom is -0.477 e. The molecule has 0 saturated heterocycles. The first-order valence-electron chi connectivity index (χ1n) is 4.66. The van der Waals surface area contributed by atoms with Gasteiger partial charge in [0.25, 0.3) is 0 Å². The number of rotatable bonds is 2. The van der Waals surface area contributed by atoms with Crippen molar-refractivity contribution in [3.63, 3.8) is 0 Å². The Hall–Kier alpha value is -1.95. The van der Waals surface area contributed by atoms with Crippen LogP contribution in [-0.2, 0) is 0 Å². The van der Waals surface area contributed by atoms with Crippen molar-refractivity contribution in [3.8, 4) is 5.69 Å². The average molecular weight is 276 g/mol. The smallest absolute Gasteiger partial charge is 0.352 e. The van der Waals surface area contributed by atoms with Crippen molar-refractivity contribution in [2.45, 2.75) is 0 Å². The van der Waals surface area contributed by atoms with Gasteiger partial charge in [0.15, 0.2) is 11.6 Å². The molecule has 1 N–H and O–H groups in total. The van der Waals surface area contributed by atoms with Crippen molar-refractivity contribution in [3.05, 3.63) is 52.6 Å². The van der Waals surface area contributed by atoms with E-state index in [0.29, 0.717) is 12.1 Å². The third-order valence-corrected chi connectivity index (χ3v) is 2.45. The van der Waals surface area contributed by atoms with Crippen LogP contribution in [0.1, 0.15) is 10.5 Å². The lowest BCUT2D eigenvalue weighted by atomic mass is 10.2. The van der Waals surface area contributed by atoms with Crippen LogP contribution < -0.4 is 0 Å². The molecule has 1 aromatic heterocycles. The second-order valence-electron chi connectivity index (χ2n) is 3.44. The Balaban J connectivity index is 2.73. The van der Waals surface area contributed by atoms with E-state index < -0.39 is 34.8 Å². The zero-order chi connectivity index (χ0) is 13.4. The fourth-order valence-corrected chi connectivity index (χ4v) is 1.71. The summed E-state index contributed by atoms with van der Waals surface area (Å²) in [6.07, 6.45) is 1.06. The molecule has 0 aliphatic carbocycles. The van der Waals surface area contributed by atoms with E-state index in [1.54, 1.807) is 0 Å². The maximum absolute atomic E-state index is 13.5. The Morgan fingerprint density at radius 1 is 1.22 bits per heavy atom. The van der Waals surface area contributed by atoms with Gasteiger partial charge in [-0.15, -0.1) is 0 Å². The molecule has 0 saturated carbocycles. The molecular formula is C11H5ClF3NO2. The van der Waals surface area contributed by atoms with Crippen LogP contribution in [0.2, 0.25) is 5.02 Å². The monoisotopic (exact) mass is 275 g/mol. The lowest BCUT2D eigenvalue weighted by molar-refractivity contribution is 0.0688. The summed E-state index contributed by atoms with van der Waals surface area (Å²) in [6.45, 7) is 0. The molecule has 1 aromatic carbocycles. The number of nitrogens with zero attached hydrogens (tertiary/aromatic N) is 1. The van der Waals surface area contributed by atoms with E-state index in [1.165, 1.54) is 0 Å². The number of aromatic nitrogens is 1. The normalized spacial score (nSPS) is 10.7. The van der Waals surface area contributed by atoms with E-state index in [0.717, 1.165) is 16.8 Å². The first-order valence-corrected chi connectivity index (χ1v) is 5.04. The van der Waals surface area contributed by atoms with Crippen LogP contribution in [0, 0.1) is 17.5 Å². The molecule has 3 nitrogen and oxygen atoms in total. The number of halogens is 4. The maximum Gasteiger partial charge on any atom is 0.352 e. The third-order valence-electron chi connectivity index (χ3n) is 2.24. The van der Waals surface area contributed by atoms with Crippen LogP contribution in [0.5, 0.6) is 0 Å². The first kappa shape index (κ1) is 12.5. The van der Waals surface area contributed by atoms with E-state index in [2.05, 4.69) is 0 Å². The zero-order valence-corrected chi connectivity index (χ0v) is 9.38. The lowest BCUT2D eigenvalue weighted by Crippen LogP contribution is -2.08.